The smallest absolute Gasteiger partial charge is 0.0468 e. The summed E-state index contributed by atoms with van der Waals surface area (Å²) in [6, 6.07) is 0. The summed E-state index contributed by atoms with van der Waals surface area (Å²) in [7, 11) is 0. The van der Waals surface area contributed by atoms with Crippen molar-refractivity contribution < 1.29 is 10.2 Å². The van der Waals surface area contributed by atoms with Gasteiger partial charge in [-0.25, -0.2) is 0 Å². The Bertz CT molecular complexity index is 332. The molecule has 0 aromatic carbocycles. The highest BCUT2D eigenvalue weighted by Crippen LogP contribution is 2.42. The Morgan fingerprint density at radius 2 is 1.71 bits per heavy atom. The van der Waals surface area contributed by atoms with E-state index >= 15 is 0 Å². The molecule has 0 amide bonds. The lowest BCUT2D eigenvalue weighted by molar-refractivity contribution is 0.117. The summed E-state index contributed by atoms with van der Waals surface area (Å²) in [5.74, 6) is 0.979. The summed E-state index contributed by atoms with van der Waals surface area (Å²) in [4.78, 5) is 0. The van der Waals surface area contributed by atoms with Crippen LogP contribution < -0.4 is 0 Å². The van der Waals surface area contributed by atoms with Gasteiger partial charge >= 0.3 is 0 Å². The van der Waals surface area contributed by atoms with Crippen LogP contribution in [0.1, 0.15) is 45.4 Å². The van der Waals surface area contributed by atoms with E-state index in [-0.39, 0.29) is 25.0 Å². The summed E-state index contributed by atoms with van der Waals surface area (Å²) in [5, 5.41) is 19.1. The van der Waals surface area contributed by atoms with Gasteiger partial charge in [-0.15, -0.1) is 6.58 Å². The Labute approximate surface area is 130 Å². The number of rotatable bonds is 10. The second kappa shape index (κ2) is 10.8. The molecule has 0 aliphatic heterocycles. The second-order valence-corrected chi connectivity index (χ2v) is 6.15. The van der Waals surface area contributed by atoms with Crippen LogP contribution in [0.2, 0.25) is 0 Å². The maximum Gasteiger partial charge on any atom is 0.0468 e. The molecule has 0 heterocycles. The lowest BCUT2D eigenvalue weighted by Crippen LogP contribution is -2.23. The molecular formula is C19H32O2. The highest BCUT2D eigenvalue weighted by Gasteiger charge is 2.39. The third-order valence-corrected chi connectivity index (χ3v) is 4.75. The van der Waals surface area contributed by atoms with Gasteiger partial charge in [-0.1, -0.05) is 56.6 Å². The standard InChI is InChI=1S/C19H32O2/c1-3-5-6-7-8-9-10-11-12-17-13-16(4-2)18(14-20)19(17)15-21/h4,9-12,16-21H,2-3,5-8,13-15H2,1H3/b10-9+,12-11-/t16-,17+,18+,19-/m1/s1. The molecule has 21 heavy (non-hydrogen) atoms. The summed E-state index contributed by atoms with van der Waals surface area (Å²) in [6.45, 7) is 6.37. The van der Waals surface area contributed by atoms with E-state index in [2.05, 4.69) is 37.8 Å². The van der Waals surface area contributed by atoms with Gasteiger partial charge in [-0.05, 0) is 42.9 Å². The predicted molar refractivity (Wildman–Crippen MR) is 90.0 cm³/mol. The zero-order valence-electron chi connectivity index (χ0n) is 13.5. The normalized spacial score (nSPS) is 29.7. The molecule has 1 aliphatic carbocycles. The van der Waals surface area contributed by atoms with Crippen LogP contribution in [0, 0.1) is 23.7 Å². The minimum Gasteiger partial charge on any atom is -0.396 e. The first-order valence-corrected chi connectivity index (χ1v) is 8.46. The molecule has 2 nitrogen and oxygen atoms in total. The quantitative estimate of drug-likeness (QED) is 0.361. The molecule has 0 aromatic heterocycles. The van der Waals surface area contributed by atoms with Gasteiger partial charge in [-0.3, -0.25) is 0 Å². The average Bonchev–Trinajstić information content (AvgIpc) is 2.86. The molecule has 1 fully saturated rings. The minimum atomic E-state index is 0.138. The third kappa shape index (κ3) is 5.80. The fourth-order valence-corrected chi connectivity index (χ4v) is 3.40. The van der Waals surface area contributed by atoms with Gasteiger partial charge in [0.2, 0.25) is 0 Å². The maximum absolute atomic E-state index is 9.58. The second-order valence-electron chi connectivity index (χ2n) is 6.15. The van der Waals surface area contributed by atoms with Crippen LogP contribution in [-0.4, -0.2) is 23.4 Å². The number of allylic oxidation sites excluding steroid dienone is 5. The summed E-state index contributed by atoms with van der Waals surface area (Å²) < 4.78 is 0. The molecule has 2 N–H and O–H groups in total. The van der Waals surface area contributed by atoms with Crippen molar-refractivity contribution in [2.45, 2.75) is 45.4 Å². The first kappa shape index (κ1) is 18.2. The van der Waals surface area contributed by atoms with Crippen LogP contribution in [0.3, 0.4) is 0 Å². The molecule has 0 spiro atoms. The Morgan fingerprint density at radius 1 is 1.00 bits per heavy atom. The number of aliphatic hydroxyl groups excluding tert-OH is 2. The zero-order chi connectivity index (χ0) is 15.5. The molecular weight excluding hydrogens is 260 g/mol. The first-order valence-electron chi connectivity index (χ1n) is 8.46. The Balaban J connectivity index is 2.40. The van der Waals surface area contributed by atoms with Crippen LogP contribution in [0.4, 0.5) is 0 Å². The van der Waals surface area contributed by atoms with Crippen molar-refractivity contribution in [1.82, 2.24) is 0 Å². The first-order chi connectivity index (χ1) is 10.3. The van der Waals surface area contributed by atoms with E-state index in [0.29, 0.717) is 11.8 Å². The highest BCUT2D eigenvalue weighted by molar-refractivity contribution is 5.10. The molecule has 1 aliphatic rings. The molecule has 2 heteroatoms. The number of hydrogen-bond donors (Lipinski definition) is 2. The Hall–Kier alpha value is -0.860. The molecule has 0 bridgehead atoms. The van der Waals surface area contributed by atoms with Crippen LogP contribution in [-0.2, 0) is 0 Å². The van der Waals surface area contributed by atoms with Gasteiger partial charge < -0.3 is 10.2 Å². The maximum atomic E-state index is 9.58. The van der Waals surface area contributed by atoms with Crippen molar-refractivity contribution in [3.8, 4) is 0 Å². The number of aliphatic hydroxyl groups is 2. The summed E-state index contributed by atoms with van der Waals surface area (Å²) >= 11 is 0. The van der Waals surface area contributed by atoms with Gasteiger partial charge in [-0.2, -0.15) is 0 Å². The monoisotopic (exact) mass is 292 g/mol. The molecule has 120 valence electrons. The highest BCUT2D eigenvalue weighted by atomic mass is 16.3. The Kier molecular flexibility index (Phi) is 9.36. The fourth-order valence-electron chi connectivity index (χ4n) is 3.40. The summed E-state index contributed by atoms with van der Waals surface area (Å²) in [5.41, 5.74) is 0. The fraction of sp³-hybridized carbons (Fsp3) is 0.684. The van der Waals surface area contributed by atoms with E-state index < -0.39 is 0 Å². The minimum absolute atomic E-state index is 0.138. The van der Waals surface area contributed by atoms with Gasteiger partial charge in [0.1, 0.15) is 0 Å². The van der Waals surface area contributed by atoms with E-state index in [0.717, 1.165) is 12.8 Å². The zero-order valence-corrected chi connectivity index (χ0v) is 13.5. The van der Waals surface area contributed by atoms with Crippen LogP contribution in [0.25, 0.3) is 0 Å². The van der Waals surface area contributed by atoms with Gasteiger partial charge in [0.15, 0.2) is 0 Å². The van der Waals surface area contributed by atoms with Crippen molar-refractivity contribution in [2.75, 3.05) is 13.2 Å². The number of hydrogen-bond acceptors (Lipinski definition) is 2. The van der Waals surface area contributed by atoms with E-state index in [4.69, 9.17) is 0 Å². The molecule has 1 rings (SSSR count). The van der Waals surface area contributed by atoms with E-state index in [1.165, 1.54) is 25.7 Å². The van der Waals surface area contributed by atoms with Crippen LogP contribution >= 0.6 is 0 Å². The molecule has 0 radical (unpaired) electrons. The van der Waals surface area contributed by atoms with Crippen molar-refractivity contribution in [3.05, 3.63) is 37.0 Å². The van der Waals surface area contributed by atoms with Gasteiger partial charge in [0, 0.05) is 13.2 Å². The largest absolute Gasteiger partial charge is 0.396 e. The number of unbranched alkanes of at least 4 members (excludes halogenated alkanes) is 4. The Morgan fingerprint density at radius 3 is 2.33 bits per heavy atom. The molecule has 1 saturated carbocycles. The van der Waals surface area contributed by atoms with Gasteiger partial charge in [0.05, 0.1) is 0 Å². The van der Waals surface area contributed by atoms with Crippen LogP contribution in [0.15, 0.2) is 37.0 Å². The molecule has 0 unspecified atom stereocenters. The van der Waals surface area contributed by atoms with Crippen LogP contribution in [0.5, 0.6) is 0 Å². The average molecular weight is 292 g/mol. The molecule has 0 saturated heterocycles. The van der Waals surface area contributed by atoms with Crippen molar-refractivity contribution in [2.24, 2.45) is 23.7 Å². The van der Waals surface area contributed by atoms with Crippen molar-refractivity contribution in [3.63, 3.8) is 0 Å². The van der Waals surface area contributed by atoms with E-state index in [1.807, 2.05) is 6.08 Å². The van der Waals surface area contributed by atoms with Gasteiger partial charge in [0.25, 0.3) is 0 Å². The summed E-state index contributed by atoms with van der Waals surface area (Å²) in [6.07, 6.45) is 17.9. The molecule has 0 aromatic rings. The SMILES string of the molecule is C=C[C@@H]1C[C@H](/C=C\C=C\CCCCCC)[C@@H](CO)[C@H]1CO. The van der Waals surface area contributed by atoms with E-state index in [9.17, 15) is 10.2 Å². The van der Waals surface area contributed by atoms with E-state index in [1.54, 1.807) is 0 Å². The lowest BCUT2D eigenvalue weighted by atomic mass is 9.88. The predicted octanol–water partition coefficient (Wildman–Crippen LogP) is 4.11. The molecule has 4 atom stereocenters. The van der Waals surface area contributed by atoms with Crippen molar-refractivity contribution in [1.29, 1.82) is 0 Å². The topological polar surface area (TPSA) is 40.5 Å². The van der Waals surface area contributed by atoms with Crippen molar-refractivity contribution >= 4 is 0 Å². The third-order valence-electron chi connectivity index (χ3n) is 4.75. The lowest BCUT2D eigenvalue weighted by Gasteiger charge is -2.20.